The molecule has 0 saturated heterocycles. The van der Waals surface area contributed by atoms with Crippen molar-refractivity contribution >= 4 is 0 Å². The van der Waals surface area contributed by atoms with E-state index >= 15 is 0 Å². The zero-order valence-corrected chi connectivity index (χ0v) is 7.94. The maximum atomic E-state index is 8.29. The smallest absolute Gasteiger partial charge is 0.0635 e. The Morgan fingerprint density at radius 2 is 2.00 bits per heavy atom. The van der Waals surface area contributed by atoms with Crippen LogP contribution < -0.4 is 5.32 Å². The molecule has 0 radical (unpaired) electrons. The summed E-state index contributed by atoms with van der Waals surface area (Å²) in [5.41, 5.74) is 0.287. The fourth-order valence-electron chi connectivity index (χ4n) is 0.651. The van der Waals surface area contributed by atoms with Crippen molar-refractivity contribution in [2.75, 3.05) is 6.54 Å². The molecular formula is C9H18N2. The highest BCUT2D eigenvalue weighted by atomic mass is 14.9. The molecule has 0 spiro atoms. The molecule has 0 heterocycles. The van der Waals surface area contributed by atoms with Crippen molar-refractivity contribution in [1.82, 2.24) is 5.32 Å². The fraction of sp³-hybridized carbons (Fsp3) is 0.889. The van der Waals surface area contributed by atoms with Crippen LogP contribution >= 0.6 is 0 Å². The summed E-state index contributed by atoms with van der Waals surface area (Å²) in [5.74, 6) is 0. The van der Waals surface area contributed by atoms with Gasteiger partial charge >= 0.3 is 0 Å². The topological polar surface area (TPSA) is 35.8 Å². The Morgan fingerprint density at radius 3 is 2.36 bits per heavy atom. The van der Waals surface area contributed by atoms with Crippen molar-refractivity contribution in [3.8, 4) is 6.07 Å². The second-order valence-electron chi connectivity index (χ2n) is 3.95. The van der Waals surface area contributed by atoms with Crippen molar-refractivity contribution in [2.24, 2.45) is 5.41 Å². The molecule has 0 fully saturated rings. The second-order valence-corrected chi connectivity index (χ2v) is 3.95. The molecule has 0 aliphatic heterocycles. The van der Waals surface area contributed by atoms with Crippen molar-refractivity contribution in [3.05, 3.63) is 0 Å². The predicted molar refractivity (Wildman–Crippen MR) is 47.1 cm³/mol. The maximum absolute atomic E-state index is 8.29. The van der Waals surface area contributed by atoms with Gasteiger partial charge in [-0.2, -0.15) is 5.26 Å². The molecule has 11 heavy (non-hydrogen) atoms. The third kappa shape index (κ3) is 4.80. The maximum Gasteiger partial charge on any atom is 0.0635 e. The summed E-state index contributed by atoms with van der Waals surface area (Å²) in [6.07, 6.45) is 0.598. The minimum atomic E-state index is 0.287. The lowest BCUT2D eigenvalue weighted by molar-refractivity contribution is 0.289. The molecule has 2 nitrogen and oxygen atoms in total. The third-order valence-electron chi connectivity index (χ3n) is 1.99. The monoisotopic (exact) mass is 154 g/mol. The Bertz CT molecular complexity index is 139. The van der Waals surface area contributed by atoms with Crippen LogP contribution in [0.25, 0.3) is 0 Å². The summed E-state index contributed by atoms with van der Waals surface area (Å²) in [4.78, 5) is 0. The van der Waals surface area contributed by atoms with Crippen LogP contribution in [0, 0.1) is 16.7 Å². The third-order valence-corrected chi connectivity index (χ3v) is 1.99. The molecule has 2 heteroatoms. The molecule has 1 atom stereocenters. The summed E-state index contributed by atoms with van der Waals surface area (Å²) < 4.78 is 0. The Kier molecular flexibility index (Phi) is 4.14. The van der Waals surface area contributed by atoms with Gasteiger partial charge in [-0.3, -0.25) is 0 Å². The summed E-state index contributed by atoms with van der Waals surface area (Å²) in [6.45, 7) is 9.53. The fourth-order valence-corrected chi connectivity index (χ4v) is 0.651. The van der Waals surface area contributed by atoms with Crippen molar-refractivity contribution in [3.63, 3.8) is 0 Å². The Balaban J connectivity index is 3.55. The van der Waals surface area contributed by atoms with E-state index in [-0.39, 0.29) is 5.41 Å². The zero-order valence-electron chi connectivity index (χ0n) is 7.94. The SMILES string of the molecule is C[C@H](NCCC#N)C(C)(C)C. The van der Waals surface area contributed by atoms with Gasteiger partial charge in [0.15, 0.2) is 0 Å². The summed E-state index contributed by atoms with van der Waals surface area (Å²) in [7, 11) is 0. The molecular weight excluding hydrogens is 136 g/mol. The molecule has 0 aromatic heterocycles. The Labute approximate surface area is 69.6 Å². The lowest BCUT2D eigenvalue weighted by atomic mass is 9.88. The number of hydrogen-bond acceptors (Lipinski definition) is 2. The first-order valence-electron chi connectivity index (χ1n) is 4.09. The molecule has 1 N–H and O–H groups in total. The molecule has 0 unspecified atom stereocenters. The van der Waals surface area contributed by atoms with Gasteiger partial charge in [-0.05, 0) is 12.3 Å². The van der Waals surface area contributed by atoms with Crippen LogP contribution in [-0.2, 0) is 0 Å². The molecule has 0 aliphatic carbocycles. The highest BCUT2D eigenvalue weighted by Gasteiger charge is 2.18. The van der Waals surface area contributed by atoms with E-state index in [4.69, 9.17) is 5.26 Å². The van der Waals surface area contributed by atoms with Crippen LogP contribution in [0.15, 0.2) is 0 Å². The molecule has 0 saturated carbocycles. The van der Waals surface area contributed by atoms with Gasteiger partial charge in [0.1, 0.15) is 0 Å². The van der Waals surface area contributed by atoms with Crippen LogP contribution in [0.4, 0.5) is 0 Å². The highest BCUT2D eigenvalue weighted by molar-refractivity contribution is 4.78. The molecule has 0 bridgehead atoms. The summed E-state index contributed by atoms with van der Waals surface area (Å²) >= 11 is 0. The average Bonchev–Trinajstić information content (AvgIpc) is 1.86. The Morgan fingerprint density at radius 1 is 1.45 bits per heavy atom. The number of hydrogen-bond donors (Lipinski definition) is 1. The average molecular weight is 154 g/mol. The van der Waals surface area contributed by atoms with E-state index in [2.05, 4.69) is 39.1 Å². The molecule has 0 aromatic carbocycles. The first kappa shape index (κ1) is 10.4. The van der Waals surface area contributed by atoms with Gasteiger partial charge in [0.2, 0.25) is 0 Å². The van der Waals surface area contributed by atoms with Crippen LogP contribution in [0.5, 0.6) is 0 Å². The van der Waals surface area contributed by atoms with Crippen molar-refractivity contribution < 1.29 is 0 Å². The van der Waals surface area contributed by atoms with Gasteiger partial charge in [-0.1, -0.05) is 20.8 Å². The van der Waals surface area contributed by atoms with Gasteiger partial charge in [-0.15, -0.1) is 0 Å². The zero-order chi connectivity index (χ0) is 8.91. The van der Waals surface area contributed by atoms with Gasteiger partial charge in [-0.25, -0.2) is 0 Å². The van der Waals surface area contributed by atoms with Gasteiger partial charge in [0.05, 0.1) is 6.07 Å². The van der Waals surface area contributed by atoms with E-state index in [0.29, 0.717) is 12.5 Å². The van der Waals surface area contributed by atoms with E-state index in [9.17, 15) is 0 Å². The normalized spacial score (nSPS) is 14.1. The summed E-state index contributed by atoms with van der Waals surface area (Å²) in [6, 6.07) is 2.58. The predicted octanol–water partition coefficient (Wildman–Crippen LogP) is 1.92. The number of rotatable bonds is 3. The van der Waals surface area contributed by atoms with Gasteiger partial charge in [0, 0.05) is 19.0 Å². The first-order chi connectivity index (χ1) is 4.98. The number of nitrogens with zero attached hydrogens (tertiary/aromatic N) is 1. The first-order valence-corrected chi connectivity index (χ1v) is 4.09. The van der Waals surface area contributed by atoms with Gasteiger partial charge < -0.3 is 5.32 Å². The van der Waals surface area contributed by atoms with Crippen LogP contribution in [0.1, 0.15) is 34.1 Å². The molecule has 0 aliphatic rings. The van der Waals surface area contributed by atoms with Crippen LogP contribution in [0.3, 0.4) is 0 Å². The van der Waals surface area contributed by atoms with E-state index in [1.807, 2.05) is 0 Å². The number of nitriles is 1. The lowest BCUT2D eigenvalue weighted by Crippen LogP contribution is -2.37. The Hall–Kier alpha value is -0.550. The standard InChI is InChI=1S/C9H18N2/c1-8(9(2,3)4)11-7-5-6-10/h8,11H,5,7H2,1-4H3/t8-/m0/s1. The quantitative estimate of drug-likeness (QED) is 0.630. The lowest BCUT2D eigenvalue weighted by Gasteiger charge is -2.27. The van der Waals surface area contributed by atoms with Crippen molar-refractivity contribution in [1.29, 1.82) is 5.26 Å². The number of nitrogens with one attached hydrogen (secondary N) is 1. The second kappa shape index (κ2) is 4.35. The minimum absolute atomic E-state index is 0.287. The van der Waals surface area contributed by atoms with E-state index in [1.165, 1.54) is 0 Å². The summed E-state index contributed by atoms with van der Waals surface area (Å²) in [5, 5.41) is 11.6. The molecule has 0 aromatic rings. The van der Waals surface area contributed by atoms with E-state index in [1.54, 1.807) is 0 Å². The molecule has 64 valence electrons. The van der Waals surface area contributed by atoms with E-state index in [0.717, 1.165) is 6.54 Å². The van der Waals surface area contributed by atoms with Crippen LogP contribution in [0.2, 0.25) is 0 Å². The largest absolute Gasteiger partial charge is 0.313 e. The van der Waals surface area contributed by atoms with Crippen molar-refractivity contribution in [2.45, 2.75) is 40.2 Å². The molecule has 0 rings (SSSR count). The minimum Gasteiger partial charge on any atom is -0.313 e. The van der Waals surface area contributed by atoms with Crippen LogP contribution in [-0.4, -0.2) is 12.6 Å². The highest BCUT2D eigenvalue weighted by Crippen LogP contribution is 2.17. The molecule has 0 amide bonds. The van der Waals surface area contributed by atoms with Gasteiger partial charge in [0.25, 0.3) is 0 Å². The van der Waals surface area contributed by atoms with E-state index < -0.39 is 0 Å².